The summed E-state index contributed by atoms with van der Waals surface area (Å²) in [6.45, 7) is 4.27. The Morgan fingerprint density at radius 1 is 1.04 bits per heavy atom. The Morgan fingerprint density at radius 2 is 1.70 bits per heavy atom. The van der Waals surface area contributed by atoms with E-state index in [0.29, 0.717) is 12.8 Å². The van der Waals surface area contributed by atoms with Gasteiger partial charge in [0.05, 0.1) is 11.8 Å². The number of ether oxygens (including phenoxy) is 1. The zero-order chi connectivity index (χ0) is 17.1. The Hall–Kier alpha value is -1.06. The van der Waals surface area contributed by atoms with Crippen LogP contribution in [0.2, 0.25) is 0 Å². The average molecular weight is 326 g/mol. The van der Waals surface area contributed by atoms with Gasteiger partial charge in [-0.2, -0.15) is 0 Å². The topological polar surface area (TPSA) is 63.6 Å². The molecule has 0 aliphatic heterocycles. The number of hydrogen-bond donors (Lipinski definition) is 1. The lowest BCUT2D eigenvalue weighted by molar-refractivity contribution is -0.157. The van der Waals surface area contributed by atoms with Gasteiger partial charge in [-0.05, 0) is 38.5 Å². The minimum Gasteiger partial charge on any atom is -0.481 e. The number of hydrogen-bond acceptors (Lipinski definition) is 3. The van der Waals surface area contributed by atoms with Crippen LogP contribution in [0.15, 0.2) is 0 Å². The van der Waals surface area contributed by atoms with E-state index in [0.717, 1.165) is 32.1 Å². The standard InChI is InChI=1S/C19H34O4/c1-3-5-6-7-8-9-13-17(4-2)23-19(22)16-12-10-11-15(14-16)18(20)21/h15-17H,3-14H2,1-2H3,(H,20,21). The van der Waals surface area contributed by atoms with Gasteiger partial charge in [0.25, 0.3) is 0 Å². The van der Waals surface area contributed by atoms with Crippen LogP contribution in [0.25, 0.3) is 0 Å². The number of carbonyl (C=O) groups is 2. The summed E-state index contributed by atoms with van der Waals surface area (Å²) < 4.78 is 5.66. The van der Waals surface area contributed by atoms with Crippen molar-refractivity contribution >= 4 is 11.9 Å². The van der Waals surface area contributed by atoms with E-state index in [1.54, 1.807) is 0 Å². The molecule has 4 heteroatoms. The highest BCUT2D eigenvalue weighted by molar-refractivity contribution is 5.75. The summed E-state index contributed by atoms with van der Waals surface area (Å²) >= 11 is 0. The summed E-state index contributed by atoms with van der Waals surface area (Å²) in [6, 6.07) is 0. The van der Waals surface area contributed by atoms with Crippen molar-refractivity contribution in [3.63, 3.8) is 0 Å². The molecule has 1 aliphatic carbocycles. The van der Waals surface area contributed by atoms with E-state index < -0.39 is 5.97 Å². The fraction of sp³-hybridized carbons (Fsp3) is 0.895. The second-order valence-electron chi connectivity index (χ2n) is 6.92. The quantitative estimate of drug-likeness (QED) is 0.431. The van der Waals surface area contributed by atoms with Crippen molar-refractivity contribution in [2.45, 2.75) is 97.0 Å². The average Bonchev–Trinajstić information content (AvgIpc) is 2.56. The number of carboxylic acids is 1. The number of carbonyl (C=O) groups excluding carboxylic acids is 1. The molecule has 0 aromatic heterocycles. The molecule has 0 spiro atoms. The summed E-state index contributed by atoms with van der Waals surface area (Å²) in [6.07, 6.45) is 11.9. The van der Waals surface area contributed by atoms with Gasteiger partial charge in [0, 0.05) is 0 Å². The Labute approximate surface area is 141 Å². The molecule has 1 saturated carbocycles. The molecule has 3 unspecified atom stereocenters. The molecule has 4 nitrogen and oxygen atoms in total. The monoisotopic (exact) mass is 326 g/mol. The van der Waals surface area contributed by atoms with E-state index in [2.05, 4.69) is 13.8 Å². The van der Waals surface area contributed by atoms with Crippen LogP contribution in [0.5, 0.6) is 0 Å². The molecule has 0 aromatic carbocycles. The first-order valence-electron chi connectivity index (χ1n) is 9.51. The lowest BCUT2D eigenvalue weighted by atomic mass is 9.81. The first kappa shape index (κ1) is 20.0. The zero-order valence-corrected chi connectivity index (χ0v) is 14.9. The lowest BCUT2D eigenvalue weighted by Crippen LogP contribution is -2.30. The molecule has 0 radical (unpaired) electrons. The van der Waals surface area contributed by atoms with Gasteiger partial charge < -0.3 is 9.84 Å². The van der Waals surface area contributed by atoms with Crippen molar-refractivity contribution in [2.24, 2.45) is 11.8 Å². The van der Waals surface area contributed by atoms with E-state index in [1.807, 2.05) is 0 Å². The molecular weight excluding hydrogens is 292 g/mol. The molecule has 23 heavy (non-hydrogen) atoms. The van der Waals surface area contributed by atoms with E-state index in [1.165, 1.54) is 32.1 Å². The summed E-state index contributed by atoms with van der Waals surface area (Å²) in [5, 5.41) is 9.12. The summed E-state index contributed by atoms with van der Waals surface area (Å²) in [5.74, 6) is -1.54. The van der Waals surface area contributed by atoms with Gasteiger partial charge in [0.2, 0.25) is 0 Å². The smallest absolute Gasteiger partial charge is 0.309 e. The number of carboxylic acid groups (broad SMARTS) is 1. The summed E-state index contributed by atoms with van der Waals surface area (Å²) in [7, 11) is 0. The minimum atomic E-state index is -0.776. The van der Waals surface area contributed by atoms with Crippen molar-refractivity contribution < 1.29 is 19.4 Å². The molecular formula is C19H34O4. The molecule has 0 amide bonds. The Balaban J connectivity index is 2.28. The highest BCUT2D eigenvalue weighted by Crippen LogP contribution is 2.30. The molecule has 0 bridgehead atoms. The highest BCUT2D eigenvalue weighted by atomic mass is 16.5. The van der Waals surface area contributed by atoms with Crippen molar-refractivity contribution in [1.82, 2.24) is 0 Å². The van der Waals surface area contributed by atoms with E-state index in [9.17, 15) is 9.59 Å². The second kappa shape index (κ2) is 11.5. The maximum atomic E-state index is 12.3. The van der Waals surface area contributed by atoms with Crippen LogP contribution in [-0.4, -0.2) is 23.1 Å². The molecule has 1 aliphatic rings. The zero-order valence-electron chi connectivity index (χ0n) is 14.9. The number of rotatable bonds is 11. The van der Waals surface area contributed by atoms with Gasteiger partial charge in [-0.25, -0.2) is 0 Å². The largest absolute Gasteiger partial charge is 0.481 e. The Kier molecular flexibility index (Phi) is 9.97. The van der Waals surface area contributed by atoms with E-state index in [4.69, 9.17) is 9.84 Å². The fourth-order valence-electron chi connectivity index (χ4n) is 3.39. The van der Waals surface area contributed by atoms with Gasteiger partial charge in [0.1, 0.15) is 6.10 Å². The molecule has 1 fully saturated rings. The van der Waals surface area contributed by atoms with Crippen LogP contribution in [0.3, 0.4) is 0 Å². The number of unbranched alkanes of at least 4 members (excludes halogenated alkanes) is 5. The van der Waals surface area contributed by atoms with Gasteiger partial charge >= 0.3 is 11.9 Å². The molecule has 0 aromatic rings. The first-order chi connectivity index (χ1) is 11.1. The minimum absolute atomic E-state index is 0.00104. The molecule has 0 heterocycles. The predicted octanol–water partition coefficient (Wildman–Crippen LogP) is 4.95. The van der Waals surface area contributed by atoms with Gasteiger partial charge in [-0.3, -0.25) is 9.59 Å². The normalized spacial score (nSPS) is 22.5. The Morgan fingerprint density at radius 3 is 2.35 bits per heavy atom. The van der Waals surface area contributed by atoms with E-state index in [-0.39, 0.29) is 23.9 Å². The highest BCUT2D eigenvalue weighted by Gasteiger charge is 2.32. The van der Waals surface area contributed by atoms with Crippen LogP contribution in [0, 0.1) is 11.8 Å². The third-order valence-electron chi connectivity index (χ3n) is 4.97. The van der Waals surface area contributed by atoms with Crippen LogP contribution in [-0.2, 0) is 14.3 Å². The van der Waals surface area contributed by atoms with Crippen LogP contribution >= 0.6 is 0 Å². The van der Waals surface area contributed by atoms with Crippen LogP contribution in [0.1, 0.15) is 90.9 Å². The summed E-state index contributed by atoms with van der Waals surface area (Å²) in [5.41, 5.74) is 0. The van der Waals surface area contributed by atoms with Crippen LogP contribution < -0.4 is 0 Å². The number of esters is 1. The molecule has 3 atom stereocenters. The lowest BCUT2D eigenvalue weighted by Gasteiger charge is -2.27. The van der Waals surface area contributed by atoms with E-state index >= 15 is 0 Å². The first-order valence-corrected chi connectivity index (χ1v) is 9.51. The fourth-order valence-corrected chi connectivity index (χ4v) is 3.39. The molecule has 0 saturated heterocycles. The maximum absolute atomic E-state index is 12.3. The van der Waals surface area contributed by atoms with Crippen LogP contribution in [0.4, 0.5) is 0 Å². The third-order valence-corrected chi connectivity index (χ3v) is 4.97. The van der Waals surface area contributed by atoms with Crippen molar-refractivity contribution in [3.8, 4) is 0 Å². The van der Waals surface area contributed by atoms with Gasteiger partial charge in [-0.15, -0.1) is 0 Å². The predicted molar refractivity (Wildman–Crippen MR) is 91.2 cm³/mol. The maximum Gasteiger partial charge on any atom is 0.309 e. The third kappa shape index (κ3) is 7.85. The molecule has 1 N–H and O–H groups in total. The summed E-state index contributed by atoms with van der Waals surface area (Å²) in [4.78, 5) is 23.4. The molecule has 134 valence electrons. The second-order valence-corrected chi connectivity index (χ2v) is 6.92. The van der Waals surface area contributed by atoms with Crippen molar-refractivity contribution in [3.05, 3.63) is 0 Å². The van der Waals surface area contributed by atoms with Gasteiger partial charge in [0.15, 0.2) is 0 Å². The van der Waals surface area contributed by atoms with Crippen molar-refractivity contribution in [2.75, 3.05) is 0 Å². The van der Waals surface area contributed by atoms with Gasteiger partial charge in [-0.1, -0.05) is 52.4 Å². The Bertz CT molecular complexity index is 353. The molecule has 1 rings (SSSR count). The SMILES string of the molecule is CCCCCCCCC(CC)OC(=O)C1CCCC(C(=O)O)C1. The van der Waals surface area contributed by atoms with Crippen molar-refractivity contribution in [1.29, 1.82) is 0 Å². The number of aliphatic carboxylic acids is 1.